The lowest BCUT2D eigenvalue weighted by Crippen LogP contribution is -2.14. The molecular weight excluding hydrogens is 220 g/mol. The molecule has 1 rings (SSSR count). The first-order valence-corrected chi connectivity index (χ1v) is 4.87. The number of anilines is 1. The smallest absolute Gasteiger partial charge is 0.347 e. The molecule has 0 spiro atoms. The van der Waals surface area contributed by atoms with Crippen LogP contribution in [-0.2, 0) is 9.53 Å². The number of aromatic nitrogens is 1. The van der Waals surface area contributed by atoms with E-state index in [4.69, 9.17) is 5.11 Å². The Labute approximate surface area is 89.9 Å². The topological polar surface area (TPSA) is 88.5 Å². The highest BCUT2D eigenvalue weighted by atomic mass is 32.1. The zero-order valence-corrected chi connectivity index (χ0v) is 9.05. The van der Waals surface area contributed by atoms with Crippen LogP contribution in [0, 0.1) is 6.92 Å². The lowest BCUT2D eigenvalue weighted by atomic mass is 10.4. The normalized spacial score (nSPS) is 9.73. The van der Waals surface area contributed by atoms with E-state index in [1.165, 1.54) is 7.11 Å². The summed E-state index contributed by atoms with van der Waals surface area (Å²) in [4.78, 5) is 25.6. The van der Waals surface area contributed by atoms with Crippen molar-refractivity contribution < 1.29 is 19.4 Å². The maximum absolute atomic E-state index is 10.8. The van der Waals surface area contributed by atoms with E-state index in [9.17, 15) is 9.59 Å². The molecule has 0 radical (unpaired) electrons. The average Bonchev–Trinajstić information content (AvgIpc) is 2.56. The van der Waals surface area contributed by atoms with Crippen LogP contribution < -0.4 is 5.32 Å². The monoisotopic (exact) mass is 230 g/mol. The van der Waals surface area contributed by atoms with Crippen molar-refractivity contribution in [2.45, 2.75) is 6.92 Å². The van der Waals surface area contributed by atoms with Gasteiger partial charge in [0.2, 0.25) is 0 Å². The van der Waals surface area contributed by atoms with Gasteiger partial charge < -0.3 is 15.2 Å². The predicted molar refractivity (Wildman–Crippen MR) is 54.3 cm³/mol. The first kappa shape index (κ1) is 11.4. The molecule has 0 aliphatic heterocycles. The Morgan fingerprint density at radius 2 is 2.27 bits per heavy atom. The van der Waals surface area contributed by atoms with Crippen LogP contribution in [0.2, 0.25) is 0 Å². The summed E-state index contributed by atoms with van der Waals surface area (Å²) in [5.41, 5.74) is 0.430. The van der Waals surface area contributed by atoms with Gasteiger partial charge in [-0.25, -0.2) is 9.78 Å². The maximum Gasteiger partial charge on any atom is 0.347 e. The number of thiazole rings is 1. The lowest BCUT2D eigenvalue weighted by molar-refractivity contribution is -0.138. The third-order valence-corrected chi connectivity index (χ3v) is 2.71. The molecule has 0 unspecified atom stereocenters. The Bertz CT molecular complexity index is 388. The number of carboxylic acids is 1. The number of aromatic carboxylic acids is 1. The summed E-state index contributed by atoms with van der Waals surface area (Å²) < 4.78 is 4.42. The second kappa shape index (κ2) is 4.74. The minimum atomic E-state index is -1.02. The number of hydrogen-bond acceptors (Lipinski definition) is 6. The van der Waals surface area contributed by atoms with Gasteiger partial charge in [-0.2, -0.15) is 0 Å². The van der Waals surface area contributed by atoms with Crippen molar-refractivity contribution in [1.29, 1.82) is 0 Å². The van der Waals surface area contributed by atoms with Gasteiger partial charge in [0.05, 0.1) is 12.8 Å². The van der Waals surface area contributed by atoms with Crippen molar-refractivity contribution in [1.82, 2.24) is 4.98 Å². The number of ether oxygens (including phenoxy) is 1. The van der Waals surface area contributed by atoms with Crippen molar-refractivity contribution in [3.63, 3.8) is 0 Å². The number of aryl methyl sites for hydroxylation is 1. The molecule has 2 N–H and O–H groups in total. The summed E-state index contributed by atoms with van der Waals surface area (Å²) in [7, 11) is 1.28. The first-order chi connectivity index (χ1) is 7.04. The summed E-state index contributed by atoms with van der Waals surface area (Å²) >= 11 is 0.991. The molecule has 15 heavy (non-hydrogen) atoms. The van der Waals surface area contributed by atoms with Gasteiger partial charge in [0, 0.05) is 0 Å². The molecule has 0 bridgehead atoms. The van der Waals surface area contributed by atoms with Crippen LogP contribution in [0.15, 0.2) is 0 Å². The molecule has 0 saturated carbocycles. The van der Waals surface area contributed by atoms with Crippen molar-refractivity contribution >= 4 is 28.4 Å². The number of esters is 1. The van der Waals surface area contributed by atoms with Gasteiger partial charge in [0.15, 0.2) is 5.13 Å². The van der Waals surface area contributed by atoms with Crippen LogP contribution in [0.25, 0.3) is 0 Å². The van der Waals surface area contributed by atoms with Gasteiger partial charge in [0.25, 0.3) is 0 Å². The third-order valence-electron chi connectivity index (χ3n) is 1.60. The molecule has 0 amide bonds. The number of nitrogens with zero attached hydrogens (tertiary/aromatic N) is 1. The summed E-state index contributed by atoms with van der Waals surface area (Å²) in [5.74, 6) is -1.45. The largest absolute Gasteiger partial charge is 0.477 e. The molecule has 7 heteroatoms. The van der Waals surface area contributed by atoms with E-state index in [-0.39, 0.29) is 11.4 Å². The molecule has 0 aliphatic carbocycles. The average molecular weight is 230 g/mol. The van der Waals surface area contributed by atoms with E-state index in [1.807, 2.05) is 0 Å². The minimum absolute atomic E-state index is 0.0253. The number of hydrogen-bond donors (Lipinski definition) is 2. The Morgan fingerprint density at radius 1 is 1.60 bits per heavy atom. The Morgan fingerprint density at radius 3 is 2.73 bits per heavy atom. The van der Waals surface area contributed by atoms with Crippen LogP contribution >= 0.6 is 11.3 Å². The Balaban J connectivity index is 2.67. The number of carbonyl (C=O) groups excluding carboxylic acids is 1. The van der Waals surface area contributed by atoms with Crippen LogP contribution in [0.3, 0.4) is 0 Å². The summed E-state index contributed by atoms with van der Waals surface area (Å²) in [6.07, 6.45) is 0. The zero-order valence-electron chi connectivity index (χ0n) is 8.23. The van der Waals surface area contributed by atoms with Crippen molar-refractivity contribution in [2.24, 2.45) is 0 Å². The van der Waals surface area contributed by atoms with E-state index in [1.54, 1.807) is 6.92 Å². The van der Waals surface area contributed by atoms with Crippen LogP contribution in [0.4, 0.5) is 5.13 Å². The Hall–Kier alpha value is -1.63. The molecule has 6 nitrogen and oxygen atoms in total. The quantitative estimate of drug-likeness (QED) is 0.741. The SMILES string of the molecule is COC(=O)CNc1nc(C)c(C(=O)O)s1. The van der Waals surface area contributed by atoms with E-state index < -0.39 is 11.9 Å². The summed E-state index contributed by atoms with van der Waals surface area (Å²) in [6.45, 7) is 1.58. The van der Waals surface area contributed by atoms with Gasteiger partial charge in [-0.3, -0.25) is 4.79 Å². The van der Waals surface area contributed by atoms with Gasteiger partial charge >= 0.3 is 11.9 Å². The highest BCUT2D eigenvalue weighted by molar-refractivity contribution is 7.17. The maximum atomic E-state index is 10.8. The van der Waals surface area contributed by atoms with Gasteiger partial charge in [-0.1, -0.05) is 11.3 Å². The first-order valence-electron chi connectivity index (χ1n) is 4.06. The fourth-order valence-corrected chi connectivity index (χ4v) is 1.69. The molecule has 0 saturated heterocycles. The molecule has 0 atom stereocenters. The van der Waals surface area contributed by atoms with E-state index in [0.29, 0.717) is 10.8 Å². The molecule has 0 aliphatic rings. The molecular formula is C8H10N2O4S. The third kappa shape index (κ3) is 2.91. The van der Waals surface area contributed by atoms with Gasteiger partial charge in [-0.05, 0) is 6.92 Å². The zero-order chi connectivity index (χ0) is 11.4. The molecule has 0 fully saturated rings. The summed E-state index contributed by atoms with van der Waals surface area (Å²) in [5, 5.41) is 11.8. The highest BCUT2D eigenvalue weighted by Crippen LogP contribution is 2.21. The van der Waals surface area contributed by atoms with Crippen LogP contribution in [-0.4, -0.2) is 35.7 Å². The predicted octanol–water partition coefficient (Wildman–Crippen LogP) is 0.735. The van der Waals surface area contributed by atoms with Crippen LogP contribution in [0.1, 0.15) is 15.4 Å². The minimum Gasteiger partial charge on any atom is -0.477 e. The second-order valence-corrected chi connectivity index (χ2v) is 3.67. The van der Waals surface area contributed by atoms with Crippen molar-refractivity contribution in [3.05, 3.63) is 10.6 Å². The van der Waals surface area contributed by atoms with E-state index in [2.05, 4.69) is 15.0 Å². The summed E-state index contributed by atoms with van der Waals surface area (Å²) in [6, 6.07) is 0. The van der Waals surface area contributed by atoms with E-state index >= 15 is 0 Å². The Kier molecular flexibility index (Phi) is 3.62. The lowest BCUT2D eigenvalue weighted by Gasteiger charge is -1.98. The van der Waals surface area contributed by atoms with Crippen molar-refractivity contribution in [3.8, 4) is 0 Å². The van der Waals surface area contributed by atoms with Gasteiger partial charge in [0.1, 0.15) is 11.4 Å². The van der Waals surface area contributed by atoms with Gasteiger partial charge in [-0.15, -0.1) is 0 Å². The standard InChI is InChI=1S/C8H10N2O4S/c1-4-6(7(12)13)15-8(10-4)9-3-5(11)14-2/h3H2,1-2H3,(H,9,10)(H,12,13). The molecule has 1 aromatic heterocycles. The second-order valence-electron chi connectivity index (χ2n) is 2.67. The number of carboxylic acid groups (broad SMARTS) is 1. The highest BCUT2D eigenvalue weighted by Gasteiger charge is 2.14. The molecule has 0 aromatic carbocycles. The number of rotatable bonds is 4. The number of methoxy groups -OCH3 is 1. The fraction of sp³-hybridized carbons (Fsp3) is 0.375. The van der Waals surface area contributed by atoms with E-state index in [0.717, 1.165) is 11.3 Å². The fourth-order valence-electron chi connectivity index (χ4n) is 0.890. The van der Waals surface area contributed by atoms with Crippen molar-refractivity contribution in [2.75, 3.05) is 19.0 Å². The number of nitrogens with one attached hydrogen (secondary N) is 1. The molecule has 82 valence electrons. The molecule has 1 aromatic rings. The van der Waals surface area contributed by atoms with Crippen LogP contribution in [0.5, 0.6) is 0 Å². The number of carbonyl (C=O) groups is 2. The molecule has 1 heterocycles.